The number of rotatable bonds is 2. The van der Waals surface area contributed by atoms with Gasteiger partial charge in [-0.15, -0.1) is 0 Å². The largest absolute Gasteiger partial charge is 0.375 e. The molecule has 3 fully saturated rings. The Morgan fingerprint density at radius 2 is 2.05 bits per heavy atom. The first-order valence-corrected chi connectivity index (χ1v) is 7.93. The fourth-order valence-corrected chi connectivity index (χ4v) is 3.90. The number of piperidine rings is 1. The van der Waals surface area contributed by atoms with Crippen LogP contribution in [0.25, 0.3) is 0 Å². The maximum atomic E-state index is 12.4. The van der Waals surface area contributed by atoms with Crippen molar-refractivity contribution >= 4 is 5.91 Å². The molecule has 0 aromatic heterocycles. The average molecular weight is 266 g/mol. The smallest absolute Gasteiger partial charge is 0.225 e. The summed E-state index contributed by atoms with van der Waals surface area (Å²) in [5, 5.41) is 3.29. The van der Waals surface area contributed by atoms with Crippen molar-refractivity contribution in [3.05, 3.63) is 0 Å². The van der Waals surface area contributed by atoms with Gasteiger partial charge >= 0.3 is 0 Å². The summed E-state index contributed by atoms with van der Waals surface area (Å²) in [6.45, 7) is 4.45. The van der Waals surface area contributed by atoms with Crippen LogP contribution in [0.2, 0.25) is 0 Å². The Morgan fingerprint density at radius 3 is 2.84 bits per heavy atom. The fraction of sp³-hybridized carbons (Fsp3) is 0.933. The lowest BCUT2D eigenvalue weighted by Gasteiger charge is -2.41. The zero-order chi connectivity index (χ0) is 13.1. The second-order valence-corrected chi connectivity index (χ2v) is 6.33. The molecule has 3 unspecified atom stereocenters. The van der Waals surface area contributed by atoms with E-state index in [0.717, 1.165) is 44.6 Å². The Labute approximate surface area is 115 Å². The molecule has 0 aromatic rings. The van der Waals surface area contributed by atoms with Gasteiger partial charge in [-0.2, -0.15) is 0 Å². The molecule has 0 spiro atoms. The zero-order valence-electron chi connectivity index (χ0n) is 11.8. The highest BCUT2D eigenvalue weighted by Crippen LogP contribution is 2.36. The minimum atomic E-state index is 0.0883. The SMILES string of the molecule is O=C(CC1CNCCO1)N1CCC2CCCCC2C1. The van der Waals surface area contributed by atoms with E-state index in [4.69, 9.17) is 4.74 Å². The number of nitrogens with zero attached hydrogens (tertiary/aromatic N) is 1. The van der Waals surface area contributed by atoms with Gasteiger partial charge in [-0.25, -0.2) is 0 Å². The summed E-state index contributed by atoms with van der Waals surface area (Å²) in [7, 11) is 0. The van der Waals surface area contributed by atoms with E-state index in [-0.39, 0.29) is 6.10 Å². The molecule has 3 atom stereocenters. The second-order valence-electron chi connectivity index (χ2n) is 6.33. The Balaban J connectivity index is 1.49. The predicted molar refractivity (Wildman–Crippen MR) is 73.9 cm³/mol. The summed E-state index contributed by atoms with van der Waals surface area (Å²) in [5.41, 5.74) is 0. The highest BCUT2D eigenvalue weighted by molar-refractivity contribution is 5.76. The van der Waals surface area contributed by atoms with Crippen LogP contribution in [0.15, 0.2) is 0 Å². The van der Waals surface area contributed by atoms with Crippen LogP contribution in [0.5, 0.6) is 0 Å². The maximum Gasteiger partial charge on any atom is 0.225 e. The van der Waals surface area contributed by atoms with Crippen molar-refractivity contribution in [1.29, 1.82) is 0 Å². The monoisotopic (exact) mass is 266 g/mol. The normalized spacial score (nSPS) is 35.8. The summed E-state index contributed by atoms with van der Waals surface area (Å²) >= 11 is 0. The Hall–Kier alpha value is -0.610. The van der Waals surface area contributed by atoms with Crippen molar-refractivity contribution < 1.29 is 9.53 Å². The van der Waals surface area contributed by atoms with Crippen molar-refractivity contribution in [2.45, 2.75) is 44.6 Å². The van der Waals surface area contributed by atoms with Crippen LogP contribution in [0.3, 0.4) is 0 Å². The Morgan fingerprint density at radius 1 is 1.21 bits per heavy atom. The topological polar surface area (TPSA) is 41.6 Å². The van der Waals surface area contributed by atoms with Gasteiger partial charge in [0.05, 0.1) is 19.1 Å². The molecule has 1 N–H and O–H groups in total. The standard InChI is InChI=1S/C15H26N2O2/c18-15(9-14-10-16-6-8-19-14)17-7-5-12-3-1-2-4-13(12)11-17/h12-14,16H,1-11H2. The summed E-state index contributed by atoms with van der Waals surface area (Å²) in [5.74, 6) is 1.97. The number of morpholine rings is 1. The van der Waals surface area contributed by atoms with Gasteiger partial charge in [0.2, 0.25) is 5.91 Å². The molecule has 3 rings (SSSR count). The van der Waals surface area contributed by atoms with Crippen LogP contribution >= 0.6 is 0 Å². The lowest BCUT2D eigenvalue weighted by molar-refractivity contribution is -0.137. The first kappa shape index (κ1) is 13.4. The predicted octanol–water partition coefficient (Wildman–Crippen LogP) is 1.40. The molecule has 3 aliphatic rings. The van der Waals surface area contributed by atoms with E-state index in [2.05, 4.69) is 10.2 Å². The third-order valence-corrected chi connectivity index (χ3v) is 5.05. The van der Waals surface area contributed by atoms with Crippen LogP contribution in [0.4, 0.5) is 0 Å². The molecule has 2 heterocycles. The number of carbonyl (C=O) groups excluding carboxylic acids is 1. The highest BCUT2D eigenvalue weighted by Gasteiger charge is 2.33. The van der Waals surface area contributed by atoms with Gasteiger partial charge < -0.3 is 15.0 Å². The number of fused-ring (bicyclic) bond motifs is 1. The molecule has 1 saturated carbocycles. The van der Waals surface area contributed by atoms with Crippen LogP contribution in [-0.4, -0.2) is 49.7 Å². The molecular formula is C15H26N2O2. The van der Waals surface area contributed by atoms with Crippen LogP contribution in [0, 0.1) is 11.8 Å². The molecule has 4 heteroatoms. The summed E-state index contributed by atoms with van der Waals surface area (Å²) in [6.07, 6.45) is 7.35. The lowest BCUT2D eigenvalue weighted by atomic mass is 9.75. The second kappa shape index (κ2) is 6.23. The van der Waals surface area contributed by atoms with Crippen LogP contribution in [-0.2, 0) is 9.53 Å². The molecule has 1 aliphatic carbocycles. The van der Waals surface area contributed by atoms with Crippen LogP contribution < -0.4 is 5.32 Å². The first-order valence-electron chi connectivity index (χ1n) is 7.93. The van der Waals surface area contributed by atoms with E-state index in [1.165, 1.54) is 32.1 Å². The molecule has 1 amide bonds. The number of ether oxygens (including phenoxy) is 1. The molecule has 108 valence electrons. The van der Waals surface area contributed by atoms with E-state index in [9.17, 15) is 4.79 Å². The van der Waals surface area contributed by atoms with Gasteiger partial charge in [0.1, 0.15) is 0 Å². The number of amides is 1. The van der Waals surface area contributed by atoms with Gasteiger partial charge in [0, 0.05) is 26.2 Å². The maximum absolute atomic E-state index is 12.4. The van der Waals surface area contributed by atoms with E-state index >= 15 is 0 Å². The van der Waals surface area contributed by atoms with E-state index in [1.807, 2.05) is 0 Å². The average Bonchev–Trinajstić information content (AvgIpc) is 2.48. The molecule has 0 bridgehead atoms. The fourth-order valence-electron chi connectivity index (χ4n) is 3.90. The molecule has 19 heavy (non-hydrogen) atoms. The molecule has 4 nitrogen and oxygen atoms in total. The molecular weight excluding hydrogens is 240 g/mol. The van der Waals surface area contributed by atoms with Gasteiger partial charge in [-0.05, 0) is 24.7 Å². The third-order valence-electron chi connectivity index (χ3n) is 5.05. The number of likely N-dealkylation sites (tertiary alicyclic amines) is 1. The lowest BCUT2D eigenvalue weighted by Crippen LogP contribution is -2.47. The Kier molecular flexibility index (Phi) is 4.38. The van der Waals surface area contributed by atoms with E-state index < -0.39 is 0 Å². The van der Waals surface area contributed by atoms with Gasteiger partial charge in [-0.1, -0.05) is 19.3 Å². The highest BCUT2D eigenvalue weighted by atomic mass is 16.5. The Bertz CT molecular complexity index is 315. The molecule has 2 aliphatic heterocycles. The number of nitrogens with one attached hydrogen (secondary N) is 1. The third kappa shape index (κ3) is 3.29. The summed E-state index contributed by atoms with van der Waals surface area (Å²) in [4.78, 5) is 14.5. The summed E-state index contributed by atoms with van der Waals surface area (Å²) in [6, 6.07) is 0. The van der Waals surface area contributed by atoms with Crippen molar-refractivity contribution in [1.82, 2.24) is 10.2 Å². The van der Waals surface area contributed by atoms with Gasteiger partial charge in [0.25, 0.3) is 0 Å². The quantitative estimate of drug-likeness (QED) is 0.821. The summed E-state index contributed by atoms with van der Waals surface area (Å²) < 4.78 is 5.64. The van der Waals surface area contributed by atoms with Crippen molar-refractivity contribution in [2.75, 3.05) is 32.8 Å². The van der Waals surface area contributed by atoms with Crippen molar-refractivity contribution in [3.8, 4) is 0 Å². The minimum absolute atomic E-state index is 0.0883. The molecule has 2 saturated heterocycles. The molecule has 0 radical (unpaired) electrons. The number of carbonyl (C=O) groups is 1. The molecule has 0 aromatic carbocycles. The van der Waals surface area contributed by atoms with Crippen molar-refractivity contribution in [2.24, 2.45) is 11.8 Å². The van der Waals surface area contributed by atoms with Gasteiger partial charge in [0.15, 0.2) is 0 Å². The van der Waals surface area contributed by atoms with Crippen molar-refractivity contribution in [3.63, 3.8) is 0 Å². The van der Waals surface area contributed by atoms with Gasteiger partial charge in [-0.3, -0.25) is 4.79 Å². The van der Waals surface area contributed by atoms with E-state index in [0.29, 0.717) is 12.3 Å². The number of hydrogen-bond donors (Lipinski definition) is 1. The number of hydrogen-bond acceptors (Lipinski definition) is 3. The van der Waals surface area contributed by atoms with Crippen LogP contribution in [0.1, 0.15) is 38.5 Å². The zero-order valence-corrected chi connectivity index (χ0v) is 11.8. The minimum Gasteiger partial charge on any atom is -0.375 e. The van der Waals surface area contributed by atoms with E-state index in [1.54, 1.807) is 0 Å². The first-order chi connectivity index (χ1) is 9.33.